The fourth-order valence-corrected chi connectivity index (χ4v) is 3.49. The van der Waals surface area contributed by atoms with Crippen LogP contribution in [0.2, 0.25) is 0 Å². The third kappa shape index (κ3) is 4.98. The summed E-state index contributed by atoms with van der Waals surface area (Å²) in [5, 5.41) is 5.67. The van der Waals surface area contributed by atoms with E-state index in [1.807, 2.05) is 72.8 Å². The van der Waals surface area contributed by atoms with Gasteiger partial charge in [-0.05, 0) is 36.4 Å². The number of carbonyl (C=O) groups excluding carboxylic acids is 2. The number of benzene rings is 3. The van der Waals surface area contributed by atoms with Gasteiger partial charge in [-0.25, -0.2) is 4.98 Å². The Bertz CT molecular complexity index is 1170. The summed E-state index contributed by atoms with van der Waals surface area (Å²) in [6, 6.07) is 27.0. The fourth-order valence-electron chi connectivity index (χ4n) is 3.49. The van der Waals surface area contributed by atoms with Crippen LogP contribution in [0.4, 0.5) is 0 Å². The lowest BCUT2D eigenvalue weighted by Crippen LogP contribution is -2.34. The molecule has 0 radical (unpaired) electrons. The largest absolute Gasteiger partial charge is 0.354 e. The van der Waals surface area contributed by atoms with E-state index < -0.39 is 0 Å². The Morgan fingerprint density at radius 2 is 1.42 bits per heavy atom. The molecule has 0 unspecified atom stereocenters. The molecular formula is C25H24N4O2. The number of nitrogens with one attached hydrogen (secondary N) is 2. The number of nitrogens with zero attached hydrogens (tertiary/aromatic N) is 2. The number of imidazole rings is 1. The van der Waals surface area contributed by atoms with Crippen molar-refractivity contribution in [3.8, 4) is 5.69 Å². The molecule has 0 saturated heterocycles. The van der Waals surface area contributed by atoms with Gasteiger partial charge in [-0.3, -0.25) is 14.2 Å². The summed E-state index contributed by atoms with van der Waals surface area (Å²) >= 11 is 0. The molecule has 4 rings (SSSR count). The molecule has 0 aliphatic carbocycles. The summed E-state index contributed by atoms with van der Waals surface area (Å²) in [6.07, 6.45) is 0.842. The molecule has 31 heavy (non-hydrogen) atoms. The number of carbonyl (C=O) groups is 2. The average molecular weight is 412 g/mol. The van der Waals surface area contributed by atoms with Gasteiger partial charge < -0.3 is 10.6 Å². The summed E-state index contributed by atoms with van der Waals surface area (Å²) in [7, 11) is 0. The number of aromatic nitrogens is 2. The van der Waals surface area contributed by atoms with E-state index in [4.69, 9.17) is 4.98 Å². The van der Waals surface area contributed by atoms with Crippen LogP contribution in [0.1, 0.15) is 22.6 Å². The van der Waals surface area contributed by atoms with Gasteiger partial charge in [0.1, 0.15) is 5.82 Å². The van der Waals surface area contributed by atoms with E-state index in [1.54, 1.807) is 12.1 Å². The predicted octanol–water partition coefficient (Wildman–Crippen LogP) is 3.50. The van der Waals surface area contributed by atoms with Crippen molar-refractivity contribution in [1.82, 2.24) is 20.2 Å². The Morgan fingerprint density at radius 3 is 2.19 bits per heavy atom. The van der Waals surface area contributed by atoms with Crippen LogP contribution in [0.3, 0.4) is 0 Å². The van der Waals surface area contributed by atoms with E-state index in [2.05, 4.69) is 15.2 Å². The van der Waals surface area contributed by atoms with E-state index in [9.17, 15) is 9.59 Å². The molecule has 0 fully saturated rings. The molecule has 1 aromatic heterocycles. The first kappa shape index (κ1) is 20.3. The molecule has 3 aromatic carbocycles. The Labute approximate surface area is 180 Å². The number of hydrogen-bond donors (Lipinski definition) is 2. The van der Waals surface area contributed by atoms with E-state index in [0.717, 1.165) is 22.5 Å². The van der Waals surface area contributed by atoms with Gasteiger partial charge in [-0.15, -0.1) is 0 Å². The van der Waals surface area contributed by atoms with E-state index >= 15 is 0 Å². The van der Waals surface area contributed by atoms with Crippen molar-refractivity contribution in [2.45, 2.75) is 12.8 Å². The molecule has 2 amide bonds. The molecule has 6 heteroatoms. The van der Waals surface area contributed by atoms with Gasteiger partial charge >= 0.3 is 0 Å². The Kier molecular flexibility index (Phi) is 6.38. The predicted molar refractivity (Wildman–Crippen MR) is 121 cm³/mol. The highest BCUT2D eigenvalue weighted by Gasteiger charge is 2.13. The topological polar surface area (TPSA) is 76.0 Å². The van der Waals surface area contributed by atoms with Gasteiger partial charge in [0, 0.05) is 37.2 Å². The van der Waals surface area contributed by atoms with E-state index in [1.165, 1.54) is 0 Å². The lowest BCUT2D eigenvalue weighted by atomic mass is 10.2. The minimum absolute atomic E-state index is 0.0689. The molecule has 0 bridgehead atoms. The third-order valence-electron chi connectivity index (χ3n) is 4.99. The van der Waals surface area contributed by atoms with Crippen molar-refractivity contribution >= 4 is 22.8 Å². The maximum absolute atomic E-state index is 12.3. The van der Waals surface area contributed by atoms with Crippen LogP contribution in [0.15, 0.2) is 84.9 Å². The number of fused-ring (bicyclic) bond motifs is 1. The maximum Gasteiger partial charge on any atom is 0.251 e. The Hall–Kier alpha value is -3.93. The Balaban J connectivity index is 1.33. The highest BCUT2D eigenvalue weighted by atomic mass is 16.2. The molecular weight excluding hydrogens is 388 g/mol. The number of amides is 2. The highest BCUT2D eigenvalue weighted by molar-refractivity contribution is 5.94. The van der Waals surface area contributed by atoms with E-state index in [-0.39, 0.29) is 11.8 Å². The zero-order valence-corrected chi connectivity index (χ0v) is 17.1. The lowest BCUT2D eigenvalue weighted by Gasteiger charge is -2.10. The summed E-state index contributed by atoms with van der Waals surface area (Å²) in [5.74, 6) is 0.631. The number of rotatable bonds is 8. The van der Waals surface area contributed by atoms with Crippen molar-refractivity contribution < 1.29 is 9.59 Å². The Morgan fingerprint density at radius 1 is 0.774 bits per heavy atom. The lowest BCUT2D eigenvalue weighted by molar-refractivity contribution is -0.121. The van der Waals surface area contributed by atoms with Crippen LogP contribution < -0.4 is 10.6 Å². The van der Waals surface area contributed by atoms with Gasteiger partial charge in [0.05, 0.1) is 11.0 Å². The van der Waals surface area contributed by atoms with Crippen molar-refractivity contribution in [3.05, 3.63) is 96.3 Å². The van der Waals surface area contributed by atoms with E-state index in [0.29, 0.717) is 31.5 Å². The summed E-state index contributed by atoms with van der Waals surface area (Å²) in [6.45, 7) is 0.758. The van der Waals surface area contributed by atoms with Gasteiger partial charge in [0.25, 0.3) is 5.91 Å². The summed E-state index contributed by atoms with van der Waals surface area (Å²) < 4.78 is 2.10. The number of para-hydroxylation sites is 3. The molecule has 2 N–H and O–H groups in total. The summed E-state index contributed by atoms with van der Waals surface area (Å²) in [4.78, 5) is 29.1. The second-order valence-electron chi connectivity index (χ2n) is 7.16. The van der Waals surface area contributed by atoms with Crippen LogP contribution in [0.25, 0.3) is 16.7 Å². The minimum Gasteiger partial charge on any atom is -0.354 e. The molecule has 0 saturated carbocycles. The third-order valence-corrected chi connectivity index (χ3v) is 4.99. The zero-order chi connectivity index (χ0) is 21.5. The van der Waals surface area contributed by atoms with Crippen LogP contribution in [0, 0.1) is 0 Å². The normalized spacial score (nSPS) is 10.7. The quantitative estimate of drug-likeness (QED) is 0.435. The average Bonchev–Trinajstić information content (AvgIpc) is 3.20. The summed E-state index contributed by atoms with van der Waals surface area (Å²) in [5.41, 5.74) is 3.56. The van der Waals surface area contributed by atoms with Crippen molar-refractivity contribution in [2.75, 3.05) is 13.1 Å². The highest BCUT2D eigenvalue weighted by Crippen LogP contribution is 2.22. The molecule has 0 atom stereocenters. The molecule has 0 spiro atoms. The smallest absolute Gasteiger partial charge is 0.251 e. The van der Waals surface area contributed by atoms with Crippen molar-refractivity contribution in [2.24, 2.45) is 0 Å². The van der Waals surface area contributed by atoms with Crippen LogP contribution in [-0.2, 0) is 11.2 Å². The first-order chi connectivity index (χ1) is 15.2. The molecule has 156 valence electrons. The molecule has 1 heterocycles. The number of aryl methyl sites for hydroxylation is 1. The molecule has 4 aromatic rings. The zero-order valence-electron chi connectivity index (χ0n) is 17.1. The first-order valence-corrected chi connectivity index (χ1v) is 10.3. The maximum atomic E-state index is 12.3. The second kappa shape index (κ2) is 9.71. The minimum atomic E-state index is -0.147. The van der Waals surface area contributed by atoms with Crippen LogP contribution >= 0.6 is 0 Å². The van der Waals surface area contributed by atoms with Gasteiger partial charge in [0.2, 0.25) is 5.91 Å². The first-order valence-electron chi connectivity index (χ1n) is 10.3. The number of hydrogen-bond acceptors (Lipinski definition) is 3. The molecule has 0 aliphatic heterocycles. The van der Waals surface area contributed by atoms with Crippen LogP contribution in [0.5, 0.6) is 0 Å². The monoisotopic (exact) mass is 412 g/mol. The van der Waals surface area contributed by atoms with Gasteiger partial charge in [-0.1, -0.05) is 48.5 Å². The second-order valence-corrected chi connectivity index (χ2v) is 7.16. The SMILES string of the molecule is O=C(CCc1nc2ccccc2n1-c1ccccc1)NCCNC(=O)c1ccccc1. The van der Waals surface area contributed by atoms with Crippen LogP contribution in [-0.4, -0.2) is 34.5 Å². The standard InChI is InChI=1S/C25H24N4O2/c30-24(26-17-18-27-25(31)19-9-3-1-4-10-19)16-15-23-28-21-13-7-8-14-22(21)29(23)20-11-5-2-6-12-20/h1-14H,15-18H2,(H,26,30)(H,27,31). The molecule has 6 nitrogen and oxygen atoms in total. The fraction of sp³-hybridized carbons (Fsp3) is 0.160. The van der Waals surface area contributed by atoms with Crippen molar-refractivity contribution in [3.63, 3.8) is 0 Å². The molecule has 0 aliphatic rings. The van der Waals surface area contributed by atoms with Crippen molar-refractivity contribution in [1.29, 1.82) is 0 Å². The van der Waals surface area contributed by atoms with Gasteiger partial charge in [-0.2, -0.15) is 0 Å². The van der Waals surface area contributed by atoms with Gasteiger partial charge in [0.15, 0.2) is 0 Å².